The minimum atomic E-state index is -0.592. The van der Waals surface area contributed by atoms with E-state index in [0.717, 1.165) is 32.1 Å². The van der Waals surface area contributed by atoms with Gasteiger partial charge in [0.2, 0.25) is 0 Å². The molecule has 0 spiro atoms. The lowest BCUT2D eigenvalue weighted by Gasteiger charge is -2.36. The van der Waals surface area contributed by atoms with Crippen LogP contribution in [0.3, 0.4) is 0 Å². The van der Waals surface area contributed by atoms with Crippen molar-refractivity contribution in [3.8, 4) is 0 Å². The summed E-state index contributed by atoms with van der Waals surface area (Å²) in [5.74, 6) is 0. The second-order valence-corrected chi connectivity index (χ2v) is 6.04. The fourth-order valence-corrected chi connectivity index (χ4v) is 2.14. The van der Waals surface area contributed by atoms with Crippen molar-refractivity contribution >= 4 is 0 Å². The first kappa shape index (κ1) is 12.0. The van der Waals surface area contributed by atoms with Crippen LogP contribution >= 0.6 is 0 Å². The van der Waals surface area contributed by atoms with Gasteiger partial charge in [0.05, 0.1) is 11.7 Å². The zero-order chi connectivity index (χ0) is 10.8. The summed E-state index contributed by atoms with van der Waals surface area (Å²) in [5.41, 5.74) is -0.316. The van der Waals surface area contributed by atoms with E-state index >= 15 is 0 Å². The lowest BCUT2D eigenvalue weighted by atomic mass is 9.76. The Bertz CT molecular complexity index is 183. The first-order valence-corrected chi connectivity index (χ1v) is 5.71. The third kappa shape index (κ3) is 3.97. The van der Waals surface area contributed by atoms with Gasteiger partial charge in [0.25, 0.3) is 0 Å². The highest BCUT2D eigenvalue weighted by Gasteiger charge is 2.34. The molecule has 0 saturated heterocycles. The van der Waals surface area contributed by atoms with Crippen molar-refractivity contribution in [2.45, 2.75) is 71.0 Å². The van der Waals surface area contributed by atoms with Crippen LogP contribution in [0.4, 0.5) is 0 Å². The van der Waals surface area contributed by atoms with Gasteiger partial charge in [0, 0.05) is 6.42 Å². The van der Waals surface area contributed by atoms with Gasteiger partial charge in [0.15, 0.2) is 0 Å². The van der Waals surface area contributed by atoms with E-state index in [2.05, 4.69) is 20.8 Å². The molecular weight excluding hydrogens is 176 g/mol. The standard InChI is InChI=1S/C12H24O2/c1-11(2,3)7-8-12(14)6-4-5-10(13)9-12/h10,13-14H,4-9H2,1-3H3. The Hall–Kier alpha value is -0.0800. The van der Waals surface area contributed by atoms with Gasteiger partial charge in [-0.25, -0.2) is 0 Å². The fraction of sp³-hybridized carbons (Fsp3) is 1.00. The van der Waals surface area contributed by atoms with Crippen molar-refractivity contribution < 1.29 is 10.2 Å². The lowest BCUT2D eigenvalue weighted by Crippen LogP contribution is -2.38. The fourth-order valence-electron chi connectivity index (χ4n) is 2.14. The third-order valence-electron chi connectivity index (χ3n) is 3.14. The summed E-state index contributed by atoms with van der Waals surface area (Å²) >= 11 is 0. The minimum Gasteiger partial charge on any atom is -0.393 e. The van der Waals surface area contributed by atoms with Crippen molar-refractivity contribution in [3.63, 3.8) is 0 Å². The summed E-state index contributed by atoms with van der Waals surface area (Å²) in [5, 5.41) is 19.8. The maximum absolute atomic E-state index is 10.2. The van der Waals surface area contributed by atoms with E-state index in [1.54, 1.807) is 0 Å². The smallest absolute Gasteiger partial charge is 0.0672 e. The highest BCUT2D eigenvalue weighted by Crippen LogP contribution is 2.35. The first-order valence-electron chi connectivity index (χ1n) is 5.71. The van der Waals surface area contributed by atoms with Crippen LogP contribution in [0.1, 0.15) is 59.3 Å². The van der Waals surface area contributed by atoms with E-state index in [-0.39, 0.29) is 11.5 Å². The lowest BCUT2D eigenvalue weighted by molar-refractivity contribution is -0.0559. The predicted molar refractivity (Wildman–Crippen MR) is 58.1 cm³/mol. The molecule has 2 N–H and O–H groups in total. The molecule has 2 atom stereocenters. The van der Waals surface area contributed by atoms with E-state index in [1.165, 1.54) is 0 Å². The van der Waals surface area contributed by atoms with Crippen molar-refractivity contribution in [2.75, 3.05) is 0 Å². The van der Waals surface area contributed by atoms with Crippen LogP contribution in [0.5, 0.6) is 0 Å². The molecule has 0 radical (unpaired) electrons. The molecule has 1 rings (SSSR count). The molecule has 0 aliphatic heterocycles. The van der Waals surface area contributed by atoms with Crippen LogP contribution in [0.2, 0.25) is 0 Å². The number of aliphatic hydroxyl groups excluding tert-OH is 1. The van der Waals surface area contributed by atoms with E-state index in [0.29, 0.717) is 6.42 Å². The largest absolute Gasteiger partial charge is 0.393 e. The average molecular weight is 200 g/mol. The maximum Gasteiger partial charge on any atom is 0.0672 e. The van der Waals surface area contributed by atoms with Gasteiger partial charge in [-0.1, -0.05) is 20.8 Å². The molecule has 1 aliphatic carbocycles. The molecule has 14 heavy (non-hydrogen) atoms. The van der Waals surface area contributed by atoms with E-state index in [9.17, 15) is 10.2 Å². The predicted octanol–water partition coefficient (Wildman–Crippen LogP) is 2.48. The molecular formula is C12H24O2. The molecule has 1 fully saturated rings. The van der Waals surface area contributed by atoms with Gasteiger partial charge >= 0.3 is 0 Å². The van der Waals surface area contributed by atoms with Crippen LogP contribution in [0, 0.1) is 5.41 Å². The van der Waals surface area contributed by atoms with E-state index in [1.807, 2.05) is 0 Å². The van der Waals surface area contributed by atoms with Gasteiger partial charge in [-0.15, -0.1) is 0 Å². The molecule has 0 aromatic heterocycles. The highest BCUT2D eigenvalue weighted by molar-refractivity contribution is 4.87. The van der Waals surface area contributed by atoms with Crippen LogP contribution in [-0.2, 0) is 0 Å². The van der Waals surface area contributed by atoms with Crippen molar-refractivity contribution in [3.05, 3.63) is 0 Å². The second kappa shape index (κ2) is 4.19. The summed E-state index contributed by atoms with van der Waals surface area (Å²) < 4.78 is 0. The van der Waals surface area contributed by atoms with Crippen LogP contribution in [0.15, 0.2) is 0 Å². The SMILES string of the molecule is CC(C)(C)CCC1(O)CCCC(O)C1. The summed E-state index contributed by atoms with van der Waals surface area (Å²) in [4.78, 5) is 0. The first-order chi connectivity index (χ1) is 6.31. The third-order valence-corrected chi connectivity index (χ3v) is 3.14. The Kier molecular flexibility index (Phi) is 3.59. The molecule has 0 heterocycles. The molecule has 2 heteroatoms. The normalized spacial score (nSPS) is 34.5. The summed E-state index contributed by atoms with van der Waals surface area (Å²) in [6.45, 7) is 6.57. The van der Waals surface area contributed by atoms with Crippen molar-refractivity contribution in [1.82, 2.24) is 0 Å². The highest BCUT2D eigenvalue weighted by atomic mass is 16.3. The molecule has 1 saturated carbocycles. The number of hydrogen-bond donors (Lipinski definition) is 2. The zero-order valence-electron chi connectivity index (χ0n) is 9.71. The Morgan fingerprint density at radius 2 is 2.00 bits per heavy atom. The molecule has 2 unspecified atom stereocenters. The molecule has 2 nitrogen and oxygen atoms in total. The zero-order valence-corrected chi connectivity index (χ0v) is 9.71. The number of rotatable bonds is 2. The van der Waals surface area contributed by atoms with Gasteiger partial charge in [0.1, 0.15) is 0 Å². The molecule has 0 bridgehead atoms. The van der Waals surface area contributed by atoms with Gasteiger partial charge < -0.3 is 10.2 Å². The molecule has 84 valence electrons. The Labute approximate surface area is 87.3 Å². The van der Waals surface area contributed by atoms with Crippen LogP contribution in [-0.4, -0.2) is 21.9 Å². The summed E-state index contributed by atoms with van der Waals surface area (Å²) in [6, 6.07) is 0. The summed E-state index contributed by atoms with van der Waals surface area (Å²) in [7, 11) is 0. The van der Waals surface area contributed by atoms with Crippen molar-refractivity contribution in [1.29, 1.82) is 0 Å². The minimum absolute atomic E-state index is 0.276. The Balaban J connectivity index is 2.41. The quantitative estimate of drug-likeness (QED) is 0.719. The topological polar surface area (TPSA) is 40.5 Å². The molecule has 0 amide bonds. The van der Waals surface area contributed by atoms with E-state index in [4.69, 9.17) is 0 Å². The average Bonchev–Trinajstić information content (AvgIpc) is 1.99. The molecule has 0 aromatic carbocycles. The summed E-state index contributed by atoms with van der Waals surface area (Å²) in [6.07, 6.45) is 4.82. The molecule has 0 aromatic rings. The van der Waals surface area contributed by atoms with E-state index < -0.39 is 5.60 Å². The van der Waals surface area contributed by atoms with Crippen molar-refractivity contribution in [2.24, 2.45) is 5.41 Å². The van der Waals surface area contributed by atoms with Crippen LogP contribution < -0.4 is 0 Å². The van der Waals surface area contributed by atoms with Crippen LogP contribution in [0.25, 0.3) is 0 Å². The van der Waals surface area contributed by atoms with Gasteiger partial charge in [-0.3, -0.25) is 0 Å². The second-order valence-electron chi connectivity index (χ2n) is 6.04. The Morgan fingerprint density at radius 1 is 1.36 bits per heavy atom. The van der Waals surface area contributed by atoms with Gasteiger partial charge in [-0.05, 0) is 37.5 Å². The van der Waals surface area contributed by atoms with Gasteiger partial charge in [-0.2, -0.15) is 0 Å². The monoisotopic (exact) mass is 200 g/mol. The number of aliphatic hydroxyl groups is 2. The Morgan fingerprint density at radius 3 is 2.50 bits per heavy atom. The maximum atomic E-state index is 10.2. The molecule has 1 aliphatic rings. The number of hydrogen-bond acceptors (Lipinski definition) is 2.